The number of urea groups is 1. The Morgan fingerprint density at radius 1 is 1.24 bits per heavy atom. The average molecular weight is 405 g/mol. The maximum atomic E-state index is 12.2. The van der Waals surface area contributed by atoms with E-state index in [0.717, 1.165) is 24.9 Å². The number of nitrogens with two attached hydrogens (primary N) is 1. The van der Waals surface area contributed by atoms with Crippen molar-refractivity contribution in [2.24, 2.45) is 16.6 Å². The van der Waals surface area contributed by atoms with Gasteiger partial charge in [-0.15, -0.1) is 0 Å². The summed E-state index contributed by atoms with van der Waals surface area (Å²) in [6, 6.07) is 3.53. The number of aromatic nitrogens is 1. The van der Waals surface area contributed by atoms with Crippen LogP contribution < -0.4 is 16.4 Å². The molecule has 1 heterocycles. The Morgan fingerprint density at radius 2 is 2.00 bits per heavy atom. The highest BCUT2D eigenvalue weighted by atomic mass is 16.7. The van der Waals surface area contributed by atoms with Gasteiger partial charge in [0.2, 0.25) is 0 Å². The number of nitrogens with zero attached hydrogens (tertiary/aromatic N) is 3. The minimum atomic E-state index is -0.146. The zero-order valence-corrected chi connectivity index (χ0v) is 17.6. The van der Waals surface area contributed by atoms with Gasteiger partial charge < -0.3 is 16.4 Å². The fourth-order valence-corrected chi connectivity index (χ4v) is 3.38. The van der Waals surface area contributed by atoms with Crippen LogP contribution in [0.4, 0.5) is 10.5 Å². The molecule has 1 aliphatic rings. The van der Waals surface area contributed by atoms with Crippen LogP contribution in [0.2, 0.25) is 0 Å². The summed E-state index contributed by atoms with van der Waals surface area (Å²) in [6.45, 7) is 4.39. The number of carbonyl (C=O) groups excluding carboxylic acids is 1. The third kappa shape index (κ3) is 9.60. The predicted octanol–water partition coefficient (Wildman–Crippen LogP) is 3.52. The molecule has 2 rings (SSSR count). The Labute approximate surface area is 174 Å². The third-order valence-corrected chi connectivity index (χ3v) is 5.00. The van der Waals surface area contributed by atoms with Crippen molar-refractivity contribution < 1.29 is 9.63 Å². The number of guanidine groups is 1. The maximum Gasteiger partial charge on any atom is 0.341 e. The van der Waals surface area contributed by atoms with Crippen LogP contribution in [0.1, 0.15) is 58.3 Å². The fraction of sp³-hybridized carbons (Fsp3) is 0.667. The van der Waals surface area contributed by atoms with Gasteiger partial charge in [-0.2, -0.15) is 0 Å². The van der Waals surface area contributed by atoms with Gasteiger partial charge in [-0.1, -0.05) is 19.3 Å². The molecule has 0 atom stereocenters. The monoisotopic (exact) mass is 404 g/mol. The summed E-state index contributed by atoms with van der Waals surface area (Å²) in [6.07, 6.45) is 12.4. The lowest BCUT2D eigenvalue weighted by molar-refractivity contribution is -0.132. The van der Waals surface area contributed by atoms with E-state index in [-0.39, 0.29) is 6.03 Å². The summed E-state index contributed by atoms with van der Waals surface area (Å²) in [4.78, 5) is 26.4. The number of amides is 2. The number of hydrogen-bond acceptors (Lipinski definition) is 4. The Hall–Kier alpha value is -2.35. The molecule has 1 fully saturated rings. The Morgan fingerprint density at radius 3 is 2.72 bits per heavy atom. The van der Waals surface area contributed by atoms with Gasteiger partial charge in [-0.3, -0.25) is 14.8 Å². The quantitative estimate of drug-likeness (QED) is 0.226. The van der Waals surface area contributed by atoms with E-state index in [4.69, 9.17) is 10.6 Å². The lowest BCUT2D eigenvalue weighted by atomic mass is 9.90. The molecule has 0 bridgehead atoms. The molecule has 0 aromatic carbocycles. The Balaban J connectivity index is 1.64. The van der Waals surface area contributed by atoms with E-state index in [1.165, 1.54) is 37.2 Å². The van der Waals surface area contributed by atoms with Crippen LogP contribution in [0.25, 0.3) is 0 Å². The molecule has 162 valence electrons. The van der Waals surface area contributed by atoms with Crippen molar-refractivity contribution in [2.45, 2.75) is 58.3 Å². The first-order valence-corrected chi connectivity index (χ1v) is 10.8. The van der Waals surface area contributed by atoms with E-state index < -0.39 is 0 Å². The van der Waals surface area contributed by atoms with Crippen molar-refractivity contribution in [1.29, 1.82) is 0 Å². The lowest BCUT2D eigenvalue weighted by Gasteiger charge is -2.26. The number of hydrogen-bond donors (Lipinski definition) is 3. The highest BCUT2D eigenvalue weighted by Gasteiger charge is 2.18. The number of carbonyl (C=O) groups is 1. The van der Waals surface area contributed by atoms with Crippen LogP contribution in [0.15, 0.2) is 29.5 Å². The van der Waals surface area contributed by atoms with E-state index in [1.54, 1.807) is 12.4 Å². The maximum absolute atomic E-state index is 12.2. The Kier molecular flexibility index (Phi) is 10.9. The predicted molar refractivity (Wildman–Crippen MR) is 117 cm³/mol. The highest BCUT2D eigenvalue weighted by molar-refractivity contribution is 5.92. The molecule has 4 N–H and O–H groups in total. The topological polar surface area (TPSA) is 105 Å². The molecule has 0 radical (unpaired) electrons. The van der Waals surface area contributed by atoms with Crippen LogP contribution in [0.5, 0.6) is 0 Å². The fourth-order valence-electron chi connectivity index (χ4n) is 3.38. The molecule has 0 saturated heterocycles. The van der Waals surface area contributed by atoms with Gasteiger partial charge in [0.25, 0.3) is 0 Å². The normalized spacial score (nSPS) is 15.1. The van der Waals surface area contributed by atoms with Crippen molar-refractivity contribution >= 4 is 17.7 Å². The number of anilines is 1. The Bertz CT molecular complexity index is 604. The molecule has 0 aliphatic heterocycles. The molecule has 8 nitrogen and oxygen atoms in total. The molecular formula is C21H36N6O2. The van der Waals surface area contributed by atoms with Gasteiger partial charge in [0.1, 0.15) is 0 Å². The van der Waals surface area contributed by atoms with Gasteiger partial charge >= 0.3 is 6.03 Å². The zero-order valence-electron chi connectivity index (χ0n) is 17.6. The number of nitrogens with one attached hydrogen (secondary N) is 2. The molecule has 1 aromatic heterocycles. The van der Waals surface area contributed by atoms with Crippen LogP contribution in [-0.4, -0.2) is 48.3 Å². The lowest BCUT2D eigenvalue weighted by Crippen LogP contribution is -2.41. The SMILES string of the molecule is CCNC(=O)N(CCCCCN=C(N)Nc1ccncc1)OCC1CCCCC1. The van der Waals surface area contributed by atoms with E-state index in [2.05, 4.69) is 20.6 Å². The summed E-state index contributed by atoms with van der Waals surface area (Å²) >= 11 is 0. The summed E-state index contributed by atoms with van der Waals surface area (Å²) in [5, 5.41) is 7.37. The smallest absolute Gasteiger partial charge is 0.341 e. The summed E-state index contributed by atoms with van der Waals surface area (Å²) in [5.74, 6) is 0.974. The molecule has 8 heteroatoms. The molecule has 1 aromatic rings. The van der Waals surface area contributed by atoms with Crippen molar-refractivity contribution in [3.8, 4) is 0 Å². The van der Waals surface area contributed by atoms with Gasteiger partial charge in [0, 0.05) is 31.2 Å². The second-order valence-corrected chi connectivity index (χ2v) is 7.43. The minimum Gasteiger partial charge on any atom is -0.370 e. The first-order chi connectivity index (χ1) is 14.2. The van der Waals surface area contributed by atoms with E-state index in [1.807, 2.05) is 19.1 Å². The third-order valence-electron chi connectivity index (χ3n) is 5.00. The largest absolute Gasteiger partial charge is 0.370 e. The van der Waals surface area contributed by atoms with Gasteiger partial charge in [0.15, 0.2) is 5.96 Å². The van der Waals surface area contributed by atoms with Crippen LogP contribution in [0.3, 0.4) is 0 Å². The number of aliphatic imine (C=N–C) groups is 1. The summed E-state index contributed by atoms with van der Waals surface area (Å²) < 4.78 is 0. The first-order valence-electron chi connectivity index (χ1n) is 10.8. The molecule has 29 heavy (non-hydrogen) atoms. The number of unbranched alkanes of at least 4 members (excludes halogenated alkanes) is 2. The highest BCUT2D eigenvalue weighted by Crippen LogP contribution is 2.24. The average Bonchev–Trinajstić information content (AvgIpc) is 2.74. The van der Waals surface area contributed by atoms with E-state index >= 15 is 0 Å². The second kappa shape index (κ2) is 13.8. The van der Waals surface area contributed by atoms with Gasteiger partial charge in [-0.25, -0.2) is 9.86 Å². The van der Waals surface area contributed by atoms with Crippen molar-refractivity contribution in [3.63, 3.8) is 0 Å². The second-order valence-electron chi connectivity index (χ2n) is 7.43. The summed E-state index contributed by atoms with van der Waals surface area (Å²) in [5.41, 5.74) is 6.76. The van der Waals surface area contributed by atoms with Crippen LogP contribution in [-0.2, 0) is 4.84 Å². The number of hydroxylamine groups is 2. The minimum absolute atomic E-state index is 0.146. The van der Waals surface area contributed by atoms with Crippen LogP contribution >= 0.6 is 0 Å². The van der Waals surface area contributed by atoms with Crippen LogP contribution in [0, 0.1) is 5.92 Å². The molecule has 0 spiro atoms. The molecular weight excluding hydrogens is 368 g/mol. The molecule has 2 amide bonds. The first kappa shape index (κ1) is 22.9. The number of pyridine rings is 1. The van der Waals surface area contributed by atoms with Crippen molar-refractivity contribution in [1.82, 2.24) is 15.4 Å². The van der Waals surface area contributed by atoms with E-state index in [0.29, 0.717) is 38.1 Å². The summed E-state index contributed by atoms with van der Waals surface area (Å²) in [7, 11) is 0. The molecule has 1 saturated carbocycles. The zero-order chi connectivity index (χ0) is 20.7. The molecule has 0 unspecified atom stereocenters. The molecule has 1 aliphatic carbocycles. The standard InChI is InChI=1S/C21H36N6O2/c1-2-24-21(28)27(29-17-18-9-5-3-6-10-18)16-8-4-7-13-25-20(22)26-19-11-14-23-15-12-19/h11-12,14-15,18H,2-10,13,16-17H2,1H3,(H,24,28)(H3,22,23,25,26). The van der Waals surface area contributed by atoms with E-state index in [9.17, 15) is 4.79 Å². The van der Waals surface area contributed by atoms with Crippen molar-refractivity contribution in [2.75, 3.05) is 31.6 Å². The number of rotatable bonds is 11. The van der Waals surface area contributed by atoms with Gasteiger partial charge in [-0.05, 0) is 57.1 Å². The van der Waals surface area contributed by atoms with Gasteiger partial charge in [0.05, 0.1) is 13.2 Å². The van der Waals surface area contributed by atoms with Crippen molar-refractivity contribution in [3.05, 3.63) is 24.5 Å².